The van der Waals surface area contributed by atoms with Crippen LogP contribution in [0, 0.1) is 5.92 Å². The number of nitrogens with one attached hydrogen (secondary N) is 2. The van der Waals surface area contributed by atoms with Gasteiger partial charge in [-0.1, -0.05) is 38.8 Å². The van der Waals surface area contributed by atoms with Crippen molar-refractivity contribution >= 4 is 11.9 Å². The summed E-state index contributed by atoms with van der Waals surface area (Å²) < 4.78 is 5.50. The van der Waals surface area contributed by atoms with Crippen LogP contribution in [0.3, 0.4) is 0 Å². The first-order valence-corrected chi connectivity index (χ1v) is 10.6. The fraction of sp³-hybridized carbons (Fsp3) is 0.762. The Hall–Kier alpha value is -2.05. The van der Waals surface area contributed by atoms with Crippen molar-refractivity contribution in [1.82, 2.24) is 20.7 Å². The summed E-state index contributed by atoms with van der Waals surface area (Å²) in [7, 11) is 3.49. The Balaban J connectivity index is 2.02. The lowest BCUT2D eigenvalue weighted by Crippen LogP contribution is -2.47. The number of carbonyl (C=O) groups is 1. The van der Waals surface area contributed by atoms with Gasteiger partial charge in [0.25, 0.3) is 0 Å². The molecule has 0 radical (unpaired) electrons. The Bertz CT molecular complexity index is 636. The molecule has 1 aliphatic carbocycles. The molecule has 0 saturated heterocycles. The van der Waals surface area contributed by atoms with Crippen molar-refractivity contribution in [2.24, 2.45) is 10.9 Å². The lowest BCUT2D eigenvalue weighted by molar-refractivity contribution is -0.127. The van der Waals surface area contributed by atoms with Crippen molar-refractivity contribution in [3.05, 3.63) is 17.5 Å². The van der Waals surface area contributed by atoms with Crippen molar-refractivity contribution in [2.45, 2.75) is 77.8 Å². The predicted molar refractivity (Wildman–Crippen MR) is 112 cm³/mol. The summed E-state index contributed by atoms with van der Waals surface area (Å²) in [5.41, 5.74) is 1.01. The molecule has 0 bridgehead atoms. The molecule has 1 aromatic heterocycles. The summed E-state index contributed by atoms with van der Waals surface area (Å²) >= 11 is 0. The van der Waals surface area contributed by atoms with Crippen LogP contribution in [0.1, 0.15) is 76.7 Å². The molecule has 2 N–H and O–H groups in total. The van der Waals surface area contributed by atoms with Crippen molar-refractivity contribution in [1.29, 1.82) is 0 Å². The van der Waals surface area contributed by atoms with E-state index in [0.717, 1.165) is 30.7 Å². The molecule has 2 atom stereocenters. The minimum Gasteiger partial charge on any atom is -0.359 e. The van der Waals surface area contributed by atoms with Crippen LogP contribution in [0.5, 0.6) is 0 Å². The molecule has 28 heavy (non-hydrogen) atoms. The largest absolute Gasteiger partial charge is 0.359 e. The molecule has 1 fully saturated rings. The number of guanidine groups is 1. The minimum absolute atomic E-state index is 0.0199. The van der Waals surface area contributed by atoms with Crippen LogP contribution < -0.4 is 10.6 Å². The van der Waals surface area contributed by atoms with Crippen molar-refractivity contribution in [3.63, 3.8) is 0 Å². The van der Waals surface area contributed by atoms with Crippen molar-refractivity contribution in [3.8, 4) is 0 Å². The normalized spacial score (nSPS) is 20.3. The summed E-state index contributed by atoms with van der Waals surface area (Å²) in [5, 5.41) is 11.1. The molecular weight excluding hydrogens is 354 g/mol. The van der Waals surface area contributed by atoms with Crippen LogP contribution >= 0.6 is 0 Å². The third-order valence-electron chi connectivity index (χ3n) is 5.72. The number of likely N-dealkylation sites (N-methyl/N-ethyl adjacent to an activating group) is 1. The fourth-order valence-electron chi connectivity index (χ4n) is 3.63. The Morgan fingerprint density at radius 1 is 1.32 bits per heavy atom. The predicted octanol–water partition coefficient (Wildman–Crippen LogP) is 3.28. The topological polar surface area (TPSA) is 82.8 Å². The second-order valence-corrected chi connectivity index (χ2v) is 8.05. The van der Waals surface area contributed by atoms with Gasteiger partial charge in [0.05, 0.1) is 12.2 Å². The van der Waals surface area contributed by atoms with Gasteiger partial charge < -0.3 is 20.1 Å². The number of nitrogens with zero attached hydrogens (tertiary/aromatic N) is 3. The summed E-state index contributed by atoms with van der Waals surface area (Å²) in [6.45, 7) is 7.23. The third-order valence-corrected chi connectivity index (χ3v) is 5.72. The Labute approximate surface area is 169 Å². The molecule has 1 amide bonds. The van der Waals surface area contributed by atoms with E-state index in [0.29, 0.717) is 30.4 Å². The van der Waals surface area contributed by atoms with Crippen LogP contribution in [0.25, 0.3) is 0 Å². The van der Waals surface area contributed by atoms with Gasteiger partial charge in [-0.25, -0.2) is 4.99 Å². The van der Waals surface area contributed by atoms with Gasteiger partial charge in [0.1, 0.15) is 6.54 Å². The Kier molecular flexibility index (Phi) is 8.80. The zero-order valence-electron chi connectivity index (χ0n) is 18.1. The average molecular weight is 392 g/mol. The van der Waals surface area contributed by atoms with Crippen LogP contribution in [-0.4, -0.2) is 48.6 Å². The van der Waals surface area contributed by atoms with Crippen LogP contribution in [-0.2, 0) is 11.3 Å². The van der Waals surface area contributed by atoms with Crippen LogP contribution in [0.4, 0.5) is 0 Å². The first-order valence-electron chi connectivity index (χ1n) is 10.6. The molecule has 158 valence electrons. The highest BCUT2D eigenvalue weighted by atomic mass is 16.5. The van der Waals surface area contributed by atoms with Gasteiger partial charge >= 0.3 is 0 Å². The van der Waals surface area contributed by atoms with Gasteiger partial charge in [-0.05, 0) is 31.6 Å². The number of aromatic nitrogens is 1. The van der Waals surface area contributed by atoms with Gasteiger partial charge in [-0.3, -0.25) is 4.79 Å². The number of amides is 1. The first-order chi connectivity index (χ1) is 13.4. The number of hydrogen-bond donors (Lipinski definition) is 2. The lowest BCUT2D eigenvalue weighted by Gasteiger charge is -2.30. The van der Waals surface area contributed by atoms with Crippen LogP contribution in [0.2, 0.25) is 0 Å². The van der Waals surface area contributed by atoms with Crippen molar-refractivity contribution in [2.75, 3.05) is 20.6 Å². The van der Waals surface area contributed by atoms with E-state index in [4.69, 9.17) is 4.52 Å². The van der Waals surface area contributed by atoms with Gasteiger partial charge in [0.2, 0.25) is 5.91 Å². The van der Waals surface area contributed by atoms with E-state index in [9.17, 15) is 4.79 Å². The highest BCUT2D eigenvalue weighted by molar-refractivity contribution is 5.84. The summed E-state index contributed by atoms with van der Waals surface area (Å²) in [5.74, 6) is 2.46. The number of carbonyl (C=O) groups excluding carboxylic acids is 1. The zero-order chi connectivity index (χ0) is 20.5. The van der Waals surface area contributed by atoms with Gasteiger partial charge in [0, 0.05) is 32.1 Å². The summed E-state index contributed by atoms with van der Waals surface area (Å²) in [6, 6.07) is 2.40. The number of hydrogen-bond acceptors (Lipinski definition) is 4. The molecule has 1 aliphatic rings. The quantitative estimate of drug-likeness (QED) is 0.525. The summed E-state index contributed by atoms with van der Waals surface area (Å²) in [6.07, 6.45) is 6.97. The van der Waals surface area contributed by atoms with Gasteiger partial charge in [-0.2, -0.15) is 0 Å². The van der Waals surface area contributed by atoms with E-state index < -0.39 is 0 Å². The van der Waals surface area contributed by atoms with E-state index in [-0.39, 0.29) is 12.5 Å². The SMILES string of the molecule is CCC(CC)c1cc(CNC(=NCC(=O)N(C)C)NC2CCCCC2C)on1. The molecule has 7 nitrogen and oxygen atoms in total. The average Bonchev–Trinajstić information content (AvgIpc) is 3.15. The summed E-state index contributed by atoms with van der Waals surface area (Å²) in [4.78, 5) is 18.0. The van der Waals surface area contributed by atoms with E-state index in [1.807, 2.05) is 6.07 Å². The molecule has 2 rings (SSSR count). The molecular formula is C21H37N5O2. The smallest absolute Gasteiger partial charge is 0.243 e. The second-order valence-electron chi connectivity index (χ2n) is 8.05. The number of aliphatic imine (C=N–C) groups is 1. The molecule has 0 aliphatic heterocycles. The fourth-order valence-corrected chi connectivity index (χ4v) is 3.63. The molecule has 7 heteroatoms. The Morgan fingerprint density at radius 2 is 2.04 bits per heavy atom. The highest BCUT2D eigenvalue weighted by Gasteiger charge is 2.22. The molecule has 2 unspecified atom stereocenters. The lowest BCUT2D eigenvalue weighted by atomic mass is 9.86. The molecule has 1 heterocycles. The maximum absolute atomic E-state index is 12.0. The van der Waals surface area contributed by atoms with Gasteiger partial charge in [-0.15, -0.1) is 0 Å². The van der Waals surface area contributed by atoms with E-state index >= 15 is 0 Å². The molecule has 0 aromatic carbocycles. The van der Waals surface area contributed by atoms with E-state index in [1.165, 1.54) is 19.3 Å². The number of rotatable bonds is 8. The zero-order valence-corrected chi connectivity index (χ0v) is 18.1. The first kappa shape index (κ1) is 22.2. The van der Waals surface area contributed by atoms with E-state index in [1.54, 1.807) is 19.0 Å². The second kappa shape index (κ2) is 11.1. The minimum atomic E-state index is -0.0199. The molecule has 1 aromatic rings. The maximum atomic E-state index is 12.0. The highest BCUT2D eigenvalue weighted by Crippen LogP contribution is 2.24. The third kappa shape index (κ3) is 6.53. The molecule has 0 spiro atoms. The van der Waals surface area contributed by atoms with Crippen LogP contribution in [0.15, 0.2) is 15.6 Å². The maximum Gasteiger partial charge on any atom is 0.243 e. The van der Waals surface area contributed by atoms with Crippen molar-refractivity contribution < 1.29 is 9.32 Å². The van der Waals surface area contributed by atoms with E-state index in [2.05, 4.69) is 41.6 Å². The van der Waals surface area contributed by atoms with Gasteiger partial charge in [0.15, 0.2) is 11.7 Å². The molecule has 1 saturated carbocycles. The Morgan fingerprint density at radius 3 is 2.68 bits per heavy atom. The monoisotopic (exact) mass is 391 g/mol. The standard InChI is InChI=1S/C21H37N5O2/c1-6-16(7-2)19-12-17(28-25-19)13-22-21(23-14-20(27)26(4)5)24-18-11-9-8-10-15(18)3/h12,15-16,18H,6-11,13-14H2,1-5H3,(H2,22,23,24).